The smallest absolute Gasteiger partial charge is 0.271 e. The lowest BCUT2D eigenvalue weighted by Gasteiger charge is -2.23. The van der Waals surface area contributed by atoms with E-state index in [-0.39, 0.29) is 11.8 Å². The molecule has 5 nitrogen and oxygen atoms in total. The number of hydrogen-bond acceptors (Lipinski definition) is 3. The number of rotatable bonds is 3. The van der Waals surface area contributed by atoms with Gasteiger partial charge in [0.2, 0.25) is 5.91 Å². The highest BCUT2D eigenvalue weighted by Crippen LogP contribution is 2.25. The summed E-state index contributed by atoms with van der Waals surface area (Å²) >= 11 is 1.60. The molecule has 1 N–H and O–H groups in total. The summed E-state index contributed by atoms with van der Waals surface area (Å²) in [6.07, 6.45) is 1.83. The molecule has 1 aromatic carbocycles. The SMILES string of the molecule is Cc1ccc(NC(=O)C2CSCN2C(=O)c2cccn2C)c(C)c1. The predicted molar refractivity (Wildman–Crippen MR) is 97.2 cm³/mol. The molecular formula is C18H21N3O2S. The van der Waals surface area contributed by atoms with Crippen LogP contribution in [0.15, 0.2) is 36.5 Å². The molecule has 1 aliphatic heterocycles. The summed E-state index contributed by atoms with van der Waals surface area (Å²) in [7, 11) is 1.83. The molecule has 2 heterocycles. The minimum atomic E-state index is -0.446. The van der Waals surface area contributed by atoms with Crippen LogP contribution in [0.2, 0.25) is 0 Å². The van der Waals surface area contributed by atoms with Crippen molar-refractivity contribution in [2.75, 3.05) is 16.9 Å². The van der Waals surface area contributed by atoms with Crippen molar-refractivity contribution in [3.8, 4) is 0 Å². The molecule has 2 aromatic rings. The summed E-state index contributed by atoms with van der Waals surface area (Å²) in [6, 6.07) is 9.09. The number of anilines is 1. The van der Waals surface area contributed by atoms with Gasteiger partial charge < -0.3 is 14.8 Å². The fourth-order valence-corrected chi connectivity index (χ4v) is 4.01. The van der Waals surface area contributed by atoms with E-state index in [1.807, 2.05) is 51.4 Å². The molecule has 0 bridgehead atoms. The first-order valence-electron chi connectivity index (χ1n) is 7.85. The van der Waals surface area contributed by atoms with Crippen molar-refractivity contribution < 1.29 is 9.59 Å². The summed E-state index contributed by atoms with van der Waals surface area (Å²) < 4.78 is 1.78. The first-order valence-corrected chi connectivity index (χ1v) is 9.01. The maximum Gasteiger partial charge on any atom is 0.271 e. The molecule has 0 radical (unpaired) electrons. The molecule has 126 valence electrons. The third-order valence-corrected chi connectivity index (χ3v) is 5.26. The second kappa shape index (κ2) is 6.73. The van der Waals surface area contributed by atoms with E-state index in [0.717, 1.165) is 16.8 Å². The number of nitrogens with zero attached hydrogens (tertiary/aromatic N) is 2. The molecule has 1 aromatic heterocycles. The number of thioether (sulfide) groups is 1. The van der Waals surface area contributed by atoms with Gasteiger partial charge in [0.15, 0.2) is 0 Å². The number of nitrogens with one attached hydrogen (secondary N) is 1. The van der Waals surface area contributed by atoms with E-state index < -0.39 is 6.04 Å². The Hall–Kier alpha value is -2.21. The zero-order chi connectivity index (χ0) is 17.3. The quantitative estimate of drug-likeness (QED) is 0.932. The van der Waals surface area contributed by atoms with Crippen molar-refractivity contribution in [2.45, 2.75) is 19.9 Å². The molecule has 0 spiro atoms. The van der Waals surface area contributed by atoms with Gasteiger partial charge in [-0.2, -0.15) is 0 Å². The molecule has 1 atom stereocenters. The molecular weight excluding hydrogens is 322 g/mol. The number of amides is 2. The predicted octanol–water partition coefficient (Wildman–Crippen LogP) is 2.80. The molecule has 1 unspecified atom stereocenters. The highest BCUT2D eigenvalue weighted by molar-refractivity contribution is 7.99. The van der Waals surface area contributed by atoms with Crippen LogP contribution in [0.1, 0.15) is 21.6 Å². The monoisotopic (exact) mass is 343 g/mol. The highest BCUT2D eigenvalue weighted by Gasteiger charge is 2.35. The Morgan fingerprint density at radius 1 is 1.25 bits per heavy atom. The normalized spacial score (nSPS) is 17.1. The maximum atomic E-state index is 12.7. The topological polar surface area (TPSA) is 54.3 Å². The number of carbonyl (C=O) groups excluding carboxylic acids is 2. The first-order chi connectivity index (χ1) is 11.5. The maximum absolute atomic E-state index is 12.7. The van der Waals surface area contributed by atoms with Crippen molar-refractivity contribution in [2.24, 2.45) is 7.05 Å². The number of aryl methyl sites for hydroxylation is 3. The standard InChI is InChI=1S/C18H21N3O2S/c1-12-6-7-14(13(2)9-12)19-17(22)16-10-24-11-21(16)18(23)15-5-4-8-20(15)3/h4-9,16H,10-11H2,1-3H3,(H,19,22). The number of carbonyl (C=O) groups is 2. The van der Waals surface area contributed by atoms with E-state index in [1.54, 1.807) is 27.3 Å². The Morgan fingerprint density at radius 3 is 2.71 bits per heavy atom. The zero-order valence-corrected chi connectivity index (χ0v) is 14.9. The fourth-order valence-electron chi connectivity index (χ4n) is 2.86. The van der Waals surface area contributed by atoms with Gasteiger partial charge in [-0.05, 0) is 37.6 Å². The molecule has 3 rings (SSSR count). The largest absolute Gasteiger partial charge is 0.347 e. The minimum Gasteiger partial charge on any atom is -0.347 e. The third-order valence-electron chi connectivity index (χ3n) is 4.25. The summed E-state index contributed by atoms with van der Waals surface area (Å²) in [6.45, 7) is 3.99. The van der Waals surface area contributed by atoms with Gasteiger partial charge in [0.1, 0.15) is 11.7 Å². The van der Waals surface area contributed by atoms with Crippen molar-refractivity contribution in [1.82, 2.24) is 9.47 Å². The average molecular weight is 343 g/mol. The van der Waals surface area contributed by atoms with Gasteiger partial charge in [0.05, 0.1) is 5.88 Å². The first kappa shape index (κ1) is 16.6. The van der Waals surface area contributed by atoms with Gasteiger partial charge in [-0.25, -0.2) is 0 Å². The molecule has 2 amide bonds. The van der Waals surface area contributed by atoms with E-state index in [4.69, 9.17) is 0 Å². The molecule has 1 fully saturated rings. The Kier molecular flexibility index (Phi) is 4.66. The van der Waals surface area contributed by atoms with Crippen LogP contribution < -0.4 is 5.32 Å². The van der Waals surface area contributed by atoms with Crippen LogP contribution in [-0.4, -0.2) is 39.0 Å². The van der Waals surface area contributed by atoms with Crippen LogP contribution in [0.5, 0.6) is 0 Å². The molecule has 24 heavy (non-hydrogen) atoms. The zero-order valence-electron chi connectivity index (χ0n) is 14.1. The molecule has 0 saturated carbocycles. The van der Waals surface area contributed by atoms with Crippen molar-refractivity contribution in [3.63, 3.8) is 0 Å². The average Bonchev–Trinajstić information content (AvgIpc) is 3.18. The van der Waals surface area contributed by atoms with Gasteiger partial charge in [-0.3, -0.25) is 9.59 Å². The van der Waals surface area contributed by atoms with E-state index in [9.17, 15) is 9.59 Å². The van der Waals surface area contributed by atoms with Crippen LogP contribution >= 0.6 is 11.8 Å². The van der Waals surface area contributed by atoms with Gasteiger partial charge in [-0.1, -0.05) is 17.7 Å². The van der Waals surface area contributed by atoms with Crippen molar-refractivity contribution in [3.05, 3.63) is 53.3 Å². The van der Waals surface area contributed by atoms with Crippen LogP contribution in [0.25, 0.3) is 0 Å². The van der Waals surface area contributed by atoms with E-state index >= 15 is 0 Å². The second-order valence-corrected chi connectivity index (χ2v) is 7.10. The number of hydrogen-bond donors (Lipinski definition) is 1. The Bertz CT molecular complexity index is 784. The van der Waals surface area contributed by atoms with E-state index in [1.165, 1.54) is 0 Å². The third kappa shape index (κ3) is 3.19. The van der Waals surface area contributed by atoms with Crippen LogP contribution in [0, 0.1) is 13.8 Å². The van der Waals surface area contributed by atoms with E-state index in [0.29, 0.717) is 17.3 Å². The van der Waals surface area contributed by atoms with Crippen LogP contribution in [-0.2, 0) is 11.8 Å². The summed E-state index contributed by atoms with van der Waals surface area (Å²) in [5.41, 5.74) is 3.58. The molecule has 0 aliphatic carbocycles. The molecule has 1 aliphatic rings. The summed E-state index contributed by atoms with van der Waals surface area (Å²) in [4.78, 5) is 27.1. The van der Waals surface area contributed by atoms with Gasteiger partial charge >= 0.3 is 0 Å². The van der Waals surface area contributed by atoms with Gasteiger partial charge in [0, 0.05) is 24.7 Å². The number of benzene rings is 1. The van der Waals surface area contributed by atoms with E-state index in [2.05, 4.69) is 5.32 Å². The highest BCUT2D eigenvalue weighted by atomic mass is 32.2. The lowest BCUT2D eigenvalue weighted by molar-refractivity contribution is -0.119. The molecule has 6 heteroatoms. The van der Waals surface area contributed by atoms with Crippen molar-refractivity contribution >= 4 is 29.3 Å². The van der Waals surface area contributed by atoms with Gasteiger partial charge in [-0.15, -0.1) is 11.8 Å². The van der Waals surface area contributed by atoms with Crippen LogP contribution in [0.3, 0.4) is 0 Å². The fraction of sp³-hybridized carbons (Fsp3) is 0.333. The second-order valence-electron chi connectivity index (χ2n) is 6.10. The van der Waals surface area contributed by atoms with Crippen molar-refractivity contribution in [1.29, 1.82) is 0 Å². The summed E-state index contributed by atoms with van der Waals surface area (Å²) in [5, 5.41) is 2.97. The Balaban J connectivity index is 1.76. The van der Waals surface area contributed by atoms with Crippen LogP contribution in [0.4, 0.5) is 5.69 Å². The lowest BCUT2D eigenvalue weighted by Crippen LogP contribution is -2.45. The van der Waals surface area contributed by atoms with Gasteiger partial charge in [0.25, 0.3) is 5.91 Å². The summed E-state index contributed by atoms with van der Waals surface area (Å²) in [5.74, 6) is 0.921. The molecule has 1 saturated heterocycles. The lowest BCUT2D eigenvalue weighted by atomic mass is 10.1. The number of aromatic nitrogens is 1. The Morgan fingerprint density at radius 2 is 2.04 bits per heavy atom. The minimum absolute atomic E-state index is 0.103. The Labute approximate surface area is 146 Å².